The molecule has 0 saturated carbocycles. The van der Waals surface area contributed by atoms with E-state index in [0.717, 1.165) is 11.6 Å². The van der Waals surface area contributed by atoms with Gasteiger partial charge in [0.15, 0.2) is 0 Å². The fourth-order valence-corrected chi connectivity index (χ4v) is 4.79. The molecule has 0 radical (unpaired) electrons. The van der Waals surface area contributed by atoms with Gasteiger partial charge in [-0.2, -0.15) is 13.2 Å². The number of carbonyl (C=O) groups excluding carboxylic acids is 1. The van der Waals surface area contributed by atoms with Crippen LogP contribution in [0.2, 0.25) is 0 Å². The van der Waals surface area contributed by atoms with Crippen LogP contribution in [0.4, 0.5) is 18.9 Å². The number of anilines is 1. The van der Waals surface area contributed by atoms with Crippen LogP contribution in [-0.2, 0) is 23.0 Å². The molecule has 0 bridgehead atoms. The van der Waals surface area contributed by atoms with Gasteiger partial charge in [-0.05, 0) is 36.1 Å². The second-order valence-electron chi connectivity index (χ2n) is 9.81. The first-order valence-corrected chi connectivity index (χ1v) is 11.0. The molecule has 0 unspecified atom stereocenters. The molecule has 2 heterocycles. The highest BCUT2D eigenvalue weighted by Crippen LogP contribution is 2.52. The van der Waals surface area contributed by atoms with E-state index in [1.807, 2.05) is 51.1 Å². The zero-order valence-corrected chi connectivity index (χ0v) is 18.7. The van der Waals surface area contributed by atoms with Gasteiger partial charge in [-0.25, -0.2) is 0 Å². The van der Waals surface area contributed by atoms with Crippen molar-refractivity contribution in [3.05, 3.63) is 59.2 Å². The van der Waals surface area contributed by atoms with E-state index in [9.17, 15) is 18.0 Å². The molecule has 7 heteroatoms. The van der Waals surface area contributed by atoms with Gasteiger partial charge in [0, 0.05) is 30.5 Å². The lowest BCUT2D eigenvalue weighted by atomic mass is 9.72. The molecule has 0 atom stereocenters. The molecule has 1 fully saturated rings. The smallest absolute Gasteiger partial charge is 0.416 e. The number of nitrogens with one attached hydrogen (secondary N) is 1. The Kier molecular flexibility index (Phi) is 5.63. The molecule has 1 amide bonds. The van der Waals surface area contributed by atoms with Gasteiger partial charge < -0.3 is 15.0 Å². The number of nitrogens with zero attached hydrogens (tertiary/aromatic N) is 1. The average Bonchev–Trinajstić information content (AvgIpc) is 3.10. The summed E-state index contributed by atoms with van der Waals surface area (Å²) in [5, 5.41) is 3.22. The Labute approximate surface area is 186 Å². The van der Waals surface area contributed by atoms with Crippen LogP contribution < -0.4 is 10.1 Å². The Hall–Kier alpha value is -2.70. The maximum Gasteiger partial charge on any atom is 0.416 e. The number of fused-ring (bicyclic) bond motifs is 2. The van der Waals surface area contributed by atoms with E-state index in [4.69, 9.17) is 4.74 Å². The van der Waals surface area contributed by atoms with E-state index in [0.29, 0.717) is 49.5 Å². The van der Waals surface area contributed by atoms with Gasteiger partial charge >= 0.3 is 6.18 Å². The number of ether oxygens (including phenoxy) is 1. The van der Waals surface area contributed by atoms with Crippen molar-refractivity contribution in [2.24, 2.45) is 5.41 Å². The van der Waals surface area contributed by atoms with Crippen LogP contribution in [0.15, 0.2) is 42.5 Å². The summed E-state index contributed by atoms with van der Waals surface area (Å²) in [6, 6.07) is 12.1. The highest BCUT2D eigenvalue weighted by atomic mass is 19.4. The quantitative estimate of drug-likeness (QED) is 0.666. The normalized spacial score (nSPS) is 17.8. The van der Waals surface area contributed by atoms with Crippen LogP contribution in [0.5, 0.6) is 5.75 Å². The molecule has 1 spiro atoms. The van der Waals surface area contributed by atoms with Crippen molar-refractivity contribution in [3.63, 3.8) is 0 Å². The van der Waals surface area contributed by atoms with E-state index in [1.54, 1.807) is 4.90 Å². The van der Waals surface area contributed by atoms with Crippen LogP contribution in [0.25, 0.3) is 0 Å². The molecule has 1 N–H and O–H groups in total. The minimum Gasteiger partial charge on any atom is -0.487 e. The van der Waals surface area contributed by atoms with Crippen LogP contribution in [0.3, 0.4) is 0 Å². The number of carbonyl (C=O) groups is 1. The molecule has 0 aromatic heterocycles. The van der Waals surface area contributed by atoms with Crippen LogP contribution in [-0.4, -0.2) is 30.4 Å². The number of rotatable bonds is 3. The summed E-state index contributed by atoms with van der Waals surface area (Å²) in [6.07, 6.45) is -3.49. The van der Waals surface area contributed by atoms with Gasteiger partial charge in [-0.3, -0.25) is 4.79 Å². The molecule has 2 aliphatic rings. The van der Waals surface area contributed by atoms with E-state index < -0.39 is 22.6 Å². The predicted molar refractivity (Wildman–Crippen MR) is 118 cm³/mol. The van der Waals surface area contributed by atoms with Crippen molar-refractivity contribution in [1.82, 2.24) is 4.90 Å². The van der Waals surface area contributed by atoms with E-state index in [1.165, 1.54) is 6.07 Å². The van der Waals surface area contributed by atoms with Gasteiger partial charge in [0.25, 0.3) is 0 Å². The summed E-state index contributed by atoms with van der Waals surface area (Å²) >= 11 is 0. The molecule has 0 aliphatic carbocycles. The van der Waals surface area contributed by atoms with Crippen LogP contribution in [0.1, 0.15) is 50.3 Å². The van der Waals surface area contributed by atoms with Crippen molar-refractivity contribution >= 4 is 11.6 Å². The number of piperidine rings is 1. The summed E-state index contributed by atoms with van der Waals surface area (Å²) in [5.41, 5.74) is -0.111. The number of hydrogen-bond acceptors (Lipinski definition) is 3. The third-order valence-electron chi connectivity index (χ3n) is 6.49. The monoisotopic (exact) mass is 446 g/mol. The second kappa shape index (κ2) is 8.01. The first-order valence-electron chi connectivity index (χ1n) is 11.0. The maximum atomic E-state index is 14.0. The number of halogens is 3. The van der Waals surface area contributed by atoms with E-state index >= 15 is 0 Å². The fraction of sp³-hybridized carbons (Fsp3) is 0.480. The number of likely N-dealkylation sites (tertiary alicyclic amines) is 1. The van der Waals surface area contributed by atoms with Crippen molar-refractivity contribution in [3.8, 4) is 5.75 Å². The molecule has 32 heavy (non-hydrogen) atoms. The van der Waals surface area contributed by atoms with E-state index in [-0.39, 0.29) is 12.5 Å². The van der Waals surface area contributed by atoms with Crippen LogP contribution >= 0.6 is 0 Å². The number of benzene rings is 2. The largest absolute Gasteiger partial charge is 0.487 e. The summed E-state index contributed by atoms with van der Waals surface area (Å²) in [5.74, 6) is 0.469. The summed E-state index contributed by atoms with van der Waals surface area (Å²) in [7, 11) is 0. The molecular formula is C25H29F3N2O2. The predicted octanol–water partition coefficient (Wildman–Crippen LogP) is 5.62. The Morgan fingerprint density at radius 3 is 2.31 bits per heavy atom. The third kappa shape index (κ3) is 4.17. The summed E-state index contributed by atoms with van der Waals surface area (Å²) in [6.45, 7) is 7.18. The molecule has 2 aromatic rings. The highest BCUT2D eigenvalue weighted by Gasteiger charge is 2.49. The topological polar surface area (TPSA) is 41.6 Å². The van der Waals surface area contributed by atoms with E-state index in [2.05, 4.69) is 5.32 Å². The minimum atomic E-state index is -4.46. The van der Waals surface area contributed by atoms with Crippen molar-refractivity contribution in [2.45, 2.75) is 51.8 Å². The maximum absolute atomic E-state index is 14.0. The minimum absolute atomic E-state index is 0.0366. The second-order valence-corrected chi connectivity index (χ2v) is 9.81. The standard InChI is InChI=1S/C25H29F3N2O2/c1-23(2,3)22(31)30-13-11-24(12-14-30)16-29-21-19(32-15-17-7-5-4-6-8-17)10-9-18(20(21)24)25(26,27)28/h4-10,29H,11-16H2,1-3H3. The zero-order chi connectivity index (χ0) is 23.1. The molecule has 4 rings (SSSR count). The fourth-order valence-electron chi connectivity index (χ4n) is 4.79. The summed E-state index contributed by atoms with van der Waals surface area (Å²) < 4.78 is 47.9. The molecular weight excluding hydrogens is 417 g/mol. The summed E-state index contributed by atoms with van der Waals surface area (Å²) in [4.78, 5) is 14.5. The molecule has 1 saturated heterocycles. The van der Waals surface area contributed by atoms with Gasteiger partial charge in [0.1, 0.15) is 12.4 Å². The van der Waals surface area contributed by atoms with Crippen molar-refractivity contribution in [1.29, 1.82) is 0 Å². The lowest BCUT2D eigenvalue weighted by Gasteiger charge is -2.42. The lowest BCUT2D eigenvalue weighted by molar-refractivity contribution is -0.142. The first-order chi connectivity index (χ1) is 15.0. The molecule has 2 aromatic carbocycles. The number of hydrogen-bond donors (Lipinski definition) is 1. The molecule has 2 aliphatic heterocycles. The van der Waals surface area contributed by atoms with Crippen LogP contribution in [0, 0.1) is 5.41 Å². The lowest BCUT2D eigenvalue weighted by Crippen LogP contribution is -2.49. The van der Waals surface area contributed by atoms with Crippen molar-refractivity contribution < 1.29 is 22.7 Å². The number of amides is 1. The first kappa shape index (κ1) is 22.5. The molecule has 172 valence electrons. The highest BCUT2D eigenvalue weighted by molar-refractivity contribution is 5.82. The Morgan fingerprint density at radius 2 is 1.72 bits per heavy atom. The Bertz CT molecular complexity index is 989. The SMILES string of the molecule is CC(C)(C)C(=O)N1CCC2(CC1)CNc1c(OCc3ccccc3)ccc(C(F)(F)F)c12. The Morgan fingerprint density at radius 1 is 1.06 bits per heavy atom. The zero-order valence-electron chi connectivity index (χ0n) is 18.7. The van der Waals surface area contributed by atoms with Crippen molar-refractivity contribution in [2.75, 3.05) is 25.0 Å². The average molecular weight is 447 g/mol. The van der Waals surface area contributed by atoms with Gasteiger partial charge in [-0.1, -0.05) is 51.1 Å². The Balaban J connectivity index is 1.64. The van der Waals surface area contributed by atoms with Gasteiger partial charge in [-0.15, -0.1) is 0 Å². The van der Waals surface area contributed by atoms with Gasteiger partial charge in [0.05, 0.1) is 11.3 Å². The number of alkyl halides is 3. The van der Waals surface area contributed by atoms with Gasteiger partial charge in [0.2, 0.25) is 5.91 Å². The molecule has 4 nitrogen and oxygen atoms in total. The third-order valence-corrected chi connectivity index (χ3v) is 6.49.